The van der Waals surface area contributed by atoms with E-state index >= 15 is 0 Å². The minimum atomic E-state index is 0.432. The van der Waals surface area contributed by atoms with Crippen LogP contribution in [-0.2, 0) is 0 Å². The lowest BCUT2D eigenvalue weighted by molar-refractivity contribution is 0.238. The summed E-state index contributed by atoms with van der Waals surface area (Å²) in [5.41, 5.74) is 0.432. The van der Waals surface area contributed by atoms with Gasteiger partial charge in [0.25, 0.3) is 0 Å². The van der Waals surface area contributed by atoms with Gasteiger partial charge in [0.2, 0.25) is 0 Å². The summed E-state index contributed by atoms with van der Waals surface area (Å²) in [5, 5.41) is 7.06. The summed E-state index contributed by atoms with van der Waals surface area (Å²) in [7, 11) is 0. The van der Waals surface area contributed by atoms with Gasteiger partial charge in [-0.3, -0.25) is 0 Å². The maximum absolute atomic E-state index is 3.53. The number of hydrogen-bond donors (Lipinski definition) is 2. The van der Waals surface area contributed by atoms with Crippen LogP contribution in [0.4, 0.5) is 0 Å². The summed E-state index contributed by atoms with van der Waals surface area (Å²) in [6.07, 6.45) is 1.26. The molecule has 1 fully saturated rings. The van der Waals surface area contributed by atoms with Crippen LogP contribution in [0.1, 0.15) is 34.1 Å². The molecule has 0 radical (unpaired) electrons. The van der Waals surface area contributed by atoms with Crippen LogP contribution < -0.4 is 10.6 Å². The van der Waals surface area contributed by atoms with Gasteiger partial charge in [-0.15, -0.1) is 0 Å². The Kier molecular flexibility index (Phi) is 3.13. The first-order valence-corrected chi connectivity index (χ1v) is 4.96. The number of rotatable bonds is 0. The molecule has 0 aromatic rings. The lowest BCUT2D eigenvalue weighted by Gasteiger charge is -2.34. The molecule has 72 valence electrons. The second kappa shape index (κ2) is 3.75. The fourth-order valence-corrected chi connectivity index (χ4v) is 1.87. The average Bonchev–Trinajstić information content (AvgIpc) is 1.95. The molecule has 2 heteroatoms. The standard InChI is InChI=1S/C10H22N2/c1-8-5-10(3,4)7-12-9(2)6-11-8/h8-9,11-12H,5-7H2,1-4H3. The van der Waals surface area contributed by atoms with Gasteiger partial charge < -0.3 is 10.6 Å². The molecule has 0 saturated carbocycles. The van der Waals surface area contributed by atoms with E-state index in [1.165, 1.54) is 6.42 Å². The van der Waals surface area contributed by atoms with Gasteiger partial charge in [0.15, 0.2) is 0 Å². The highest BCUT2D eigenvalue weighted by atomic mass is 15.0. The molecule has 0 bridgehead atoms. The smallest absolute Gasteiger partial charge is 0.0164 e. The Hall–Kier alpha value is -0.0800. The summed E-state index contributed by atoms with van der Waals surface area (Å²) in [5.74, 6) is 0. The van der Waals surface area contributed by atoms with E-state index in [-0.39, 0.29) is 0 Å². The predicted octanol–water partition coefficient (Wildman–Crippen LogP) is 1.37. The van der Waals surface area contributed by atoms with Crippen LogP contribution in [0.3, 0.4) is 0 Å². The van der Waals surface area contributed by atoms with E-state index in [1.807, 2.05) is 0 Å². The molecule has 0 aliphatic carbocycles. The molecule has 0 amide bonds. The molecule has 0 aromatic carbocycles. The van der Waals surface area contributed by atoms with Crippen molar-refractivity contribution in [1.29, 1.82) is 0 Å². The first kappa shape index (κ1) is 10.0. The van der Waals surface area contributed by atoms with Crippen molar-refractivity contribution in [3.05, 3.63) is 0 Å². The Balaban J connectivity index is 2.49. The molecular weight excluding hydrogens is 148 g/mol. The lowest BCUT2D eigenvalue weighted by atomic mass is 9.85. The molecule has 2 unspecified atom stereocenters. The quantitative estimate of drug-likeness (QED) is 0.574. The molecule has 1 rings (SSSR count). The monoisotopic (exact) mass is 170 g/mol. The molecule has 2 atom stereocenters. The molecule has 0 aromatic heterocycles. The number of nitrogens with one attached hydrogen (secondary N) is 2. The highest BCUT2D eigenvalue weighted by Crippen LogP contribution is 2.22. The van der Waals surface area contributed by atoms with Gasteiger partial charge in [-0.1, -0.05) is 13.8 Å². The van der Waals surface area contributed by atoms with Crippen molar-refractivity contribution in [3.63, 3.8) is 0 Å². The third-order valence-electron chi connectivity index (χ3n) is 2.56. The summed E-state index contributed by atoms with van der Waals surface area (Å²) in [4.78, 5) is 0. The van der Waals surface area contributed by atoms with Gasteiger partial charge in [-0.25, -0.2) is 0 Å². The van der Waals surface area contributed by atoms with Gasteiger partial charge in [0.1, 0.15) is 0 Å². The van der Waals surface area contributed by atoms with Gasteiger partial charge in [0, 0.05) is 25.2 Å². The Labute approximate surface area is 76.1 Å². The topological polar surface area (TPSA) is 24.1 Å². The third-order valence-corrected chi connectivity index (χ3v) is 2.56. The Morgan fingerprint density at radius 3 is 2.42 bits per heavy atom. The molecule has 1 aliphatic heterocycles. The van der Waals surface area contributed by atoms with Gasteiger partial charge >= 0.3 is 0 Å². The van der Waals surface area contributed by atoms with Crippen LogP contribution in [0.2, 0.25) is 0 Å². The van der Waals surface area contributed by atoms with Gasteiger partial charge in [-0.05, 0) is 25.7 Å². The SMILES string of the molecule is CC1CNC(C)CC(C)(C)CN1. The van der Waals surface area contributed by atoms with E-state index in [1.54, 1.807) is 0 Å². The minimum absolute atomic E-state index is 0.432. The van der Waals surface area contributed by atoms with Gasteiger partial charge in [0.05, 0.1) is 0 Å². The summed E-state index contributed by atoms with van der Waals surface area (Å²) < 4.78 is 0. The second-order valence-corrected chi connectivity index (χ2v) is 4.96. The maximum Gasteiger partial charge on any atom is 0.0164 e. The van der Waals surface area contributed by atoms with Crippen LogP contribution in [0.5, 0.6) is 0 Å². The van der Waals surface area contributed by atoms with E-state index in [0.717, 1.165) is 13.1 Å². The Morgan fingerprint density at radius 1 is 1.08 bits per heavy atom. The fraction of sp³-hybridized carbons (Fsp3) is 1.00. The average molecular weight is 170 g/mol. The Bertz CT molecular complexity index is 143. The largest absolute Gasteiger partial charge is 0.313 e. The second-order valence-electron chi connectivity index (χ2n) is 4.96. The van der Waals surface area contributed by atoms with E-state index in [2.05, 4.69) is 38.3 Å². The van der Waals surface area contributed by atoms with E-state index in [0.29, 0.717) is 17.5 Å². The van der Waals surface area contributed by atoms with Crippen LogP contribution in [0, 0.1) is 5.41 Å². The van der Waals surface area contributed by atoms with Crippen LogP contribution in [0.15, 0.2) is 0 Å². The first-order valence-electron chi connectivity index (χ1n) is 4.96. The van der Waals surface area contributed by atoms with Crippen molar-refractivity contribution in [2.45, 2.75) is 46.2 Å². The van der Waals surface area contributed by atoms with Crippen molar-refractivity contribution in [2.75, 3.05) is 13.1 Å². The summed E-state index contributed by atoms with van der Waals surface area (Å²) in [6, 6.07) is 1.26. The van der Waals surface area contributed by atoms with Crippen molar-refractivity contribution in [1.82, 2.24) is 10.6 Å². The van der Waals surface area contributed by atoms with Crippen molar-refractivity contribution >= 4 is 0 Å². The number of hydrogen-bond acceptors (Lipinski definition) is 2. The molecule has 1 saturated heterocycles. The molecule has 0 spiro atoms. The lowest BCUT2D eigenvalue weighted by Crippen LogP contribution is -2.48. The highest BCUT2D eigenvalue weighted by Gasteiger charge is 2.23. The first-order chi connectivity index (χ1) is 5.49. The Morgan fingerprint density at radius 2 is 1.75 bits per heavy atom. The van der Waals surface area contributed by atoms with Crippen LogP contribution in [0.25, 0.3) is 0 Å². The normalized spacial score (nSPS) is 37.0. The zero-order valence-electron chi connectivity index (χ0n) is 8.78. The van der Waals surface area contributed by atoms with E-state index < -0.39 is 0 Å². The van der Waals surface area contributed by atoms with Crippen LogP contribution >= 0.6 is 0 Å². The zero-order valence-corrected chi connectivity index (χ0v) is 8.78. The van der Waals surface area contributed by atoms with Gasteiger partial charge in [-0.2, -0.15) is 0 Å². The molecule has 12 heavy (non-hydrogen) atoms. The molecule has 1 heterocycles. The van der Waals surface area contributed by atoms with Crippen molar-refractivity contribution in [2.24, 2.45) is 5.41 Å². The highest BCUT2D eigenvalue weighted by molar-refractivity contribution is 4.82. The van der Waals surface area contributed by atoms with Crippen LogP contribution in [-0.4, -0.2) is 25.2 Å². The fourth-order valence-electron chi connectivity index (χ4n) is 1.87. The molecule has 2 nitrogen and oxygen atoms in total. The minimum Gasteiger partial charge on any atom is -0.313 e. The zero-order chi connectivity index (χ0) is 9.19. The molecule has 2 N–H and O–H groups in total. The summed E-state index contributed by atoms with van der Waals surface area (Å²) >= 11 is 0. The molecule has 1 aliphatic rings. The van der Waals surface area contributed by atoms with E-state index in [9.17, 15) is 0 Å². The maximum atomic E-state index is 3.53. The van der Waals surface area contributed by atoms with Crippen molar-refractivity contribution in [3.8, 4) is 0 Å². The third kappa shape index (κ3) is 3.11. The molecular formula is C10H22N2. The summed E-state index contributed by atoms with van der Waals surface area (Å²) in [6.45, 7) is 11.4. The van der Waals surface area contributed by atoms with E-state index in [4.69, 9.17) is 0 Å². The van der Waals surface area contributed by atoms with Crippen molar-refractivity contribution < 1.29 is 0 Å². The predicted molar refractivity (Wildman–Crippen MR) is 53.3 cm³/mol.